The van der Waals surface area contributed by atoms with Crippen LogP contribution in [0.3, 0.4) is 0 Å². The number of sulfonamides is 1. The number of hydrogen-bond donors (Lipinski definition) is 1. The van der Waals surface area contributed by atoms with Gasteiger partial charge < -0.3 is 10.2 Å². The number of hydrogen-bond acceptors (Lipinski definition) is 4. The molecule has 8 heteroatoms. The molecule has 162 valence electrons. The first kappa shape index (κ1) is 22.7. The first-order valence-electron chi connectivity index (χ1n) is 10.0. The lowest BCUT2D eigenvalue weighted by Crippen LogP contribution is -2.39. The zero-order valence-electron chi connectivity index (χ0n) is 17.8. The lowest BCUT2D eigenvalue weighted by molar-refractivity contribution is 0.474. The van der Waals surface area contributed by atoms with E-state index in [9.17, 15) is 8.42 Å². The Hall–Kier alpha value is -2.03. The number of nitrogens with one attached hydrogen (secondary N) is 1. The van der Waals surface area contributed by atoms with Crippen molar-refractivity contribution in [2.75, 3.05) is 40.0 Å². The van der Waals surface area contributed by atoms with Gasteiger partial charge in [0, 0.05) is 51.4 Å². The third-order valence-electron chi connectivity index (χ3n) is 5.18. The van der Waals surface area contributed by atoms with E-state index >= 15 is 0 Å². The van der Waals surface area contributed by atoms with Crippen LogP contribution in [0.1, 0.15) is 12.0 Å². The first-order valence-corrected chi connectivity index (χ1v) is 12.5. The summed E-state index contributed by atoms with van der Waals surface area (Å²) in [6.45, 7) is 2.61. The number of nitrogens with zero attached hydrogens (tertiary/aromatic N) is 3. The van der Waals surface area contributed by atoms with E-state index in [-0.39, 0.29) is 0 Å². The summed E-state index contributed by atoms with van der Waals surface area (Å²) in [4.78, 5) is 8.37. The fourth-order valence-corrected chi connectivity index (χ4v) is 5.35. The molecule has 0 aromatic heterocycles. The number of likely N-dealkylation sites (tertiary alicyclic amines) is 1. The molecule has 1 aliphatic heterocycles. The van der Waals surface area contributed by atoms with Gasteiger partial charge in [0.25, 0.3) is 0 Å². The highest BCUT2D eigenvalue weighted by atomic mass is 32.2. The number of guanidine groups is 1. The molecule has 2 aromatic rings. The zero-order chi connectivity index (χ0) is 21.6. The maximum absolute atomic E-state index is 12.2. The van der Waals surface area contributed by atoms with Gasteiger partial charge >= 0.3 is 0 Å². The van der Waals surface area contributed by atoms with Crippen molar-refractivity contribution in [2.24, 2.45) is 10.9 Å². The predicted molar refractivity (Wildman–Crippen MR) is 124 cm³/mol. The van der Waals surface area contributed by atoms with Gasteiger partial charge in [-0.05, 0) is 42.2 Å². The standard InChI is InChI=1S/C22H30N4O2S2/c1-23-22(24-15-18-9-11-21(12-10-18)30(27,28)25(2)3)26-14-13-19(16-26)17-29-20-7-5-4-6-8-20/h4-12,19H,13-17H2,1-3H3,(H,23,24). The molecule has 0 aliphatic carbocycles. The van der Waals surface area contributed by atoms with Gasteiger partial charge in [-0.15, -0.1) is 11.8 Å². The minimum atomic E-state index is -3.40. The van der Waals surface area contributed by atoms with Crippen molar-refractivity contribution in [2.45, 2.75) is 22.8 Å². The van der Waals surface area contributed by atoms with E-state index in [0.717, 1.165) is 36.8 Å². The largest absolute Gasteiger partial charge is 0.352 e. The Balaban J connectivity index is 1.50. The summed E-state index contributed by atoms with van der Waals surface area (Å²) in [6.07, 6.45) is 1.16. The molecule has 1 atom stereocenters. The van der Waals surface area contributed by atoms with Crippen molar-refractivity contribution in [3.05, 3.63) is 60.2 Å². The van der Waals surface area contributed by atoms with Crippen LogP contribution in [0.5, 0.6) is 0 Å². The summed E-state index contributed by atoms with van der Waals surface area (Å²) < 4.78 is 25.6. The highest BCUT2D eigenvalue weighted by molar-refractivity contribution is 7.99. The molecule has 30 heavy (non-hydrogen) atoms. The number of rotatable bonds is 7. The van der Waals surface area contributed by atoms with E-state index in [0.29, 0.717) is 17.4 Å². The van der Waals surface area contributed by atoms with E-state index in [2.05, 4.69) is 39.5 Å². The highest BCUT2D eigenvalue weighted by Gasteiger charge is 2.25. The fraction of sp³-hybridized carbons (Fsp3) is 0.409. The molecule has 3 rings (SSSR count). The van der Waals surface area contributed by atoms with Gasteiger partial charge in [0.15, 0.2) is 5.96 Å². The number of thioether (sulfide) groups is 1. The molecule has 0 bridgehead atoms. The Bertz CT molecular complexity index is 945. The monoisotopic (exact) mass is 446 g/mol. The van der Waals surface area contributed by atoms with Gasteiger partial charge in [-0.2, -0.15) is 0 Å². The molecule has 1 heterocycles. The average molecular weight is 447 g/mol. The maximum Gasteiger partial charge on any atom is 0.242 e. The normalized spacial score (nSPS) is 17.5. The zero-order valence-corrected chi connectivity index (χ0v) is 19.4. The van der Waals surface area contributed by atoms with Crippen LogP contribution in [0.15, 0.2) is 69.4 Å². The molecular weight excluding hydrogens is 416 g/mol. The molecule has 0 radical (unpaired) electrons. The number of aliphatic imine (C=N–C) groups is 1. The van der Waals surface area contributed by atoms with Crippen molar-refractivity contribution in [1.82, 2.24) is 14.5 Å². The van der Waals surface area contributed by atoms with Crippen LogP contribution in [0.25, 0.3) is 0 Å². The van der Waals surface area contributed by atoms with E-state index in [1.165, 1.54) is 23.3 Å². The second-order valence-corrected chi connectivity index (χ2v) is 10.8. The predicted octanol–water partition coefficient (Wildman–Crippen LogP) is 3.13. The molecule has 1 N–H and O–H groups in total. The summed E-state index contributed by atoms with van der Waals surface area (Å²) in [5.41, 5.74) is 1.02. The van der Waals surface area contributed by atoms with Crippen LogP contribution < -0.4 is 5.32 Å². The van der Waals surface area contributed by atoms with E-state index in [1.807, 2.05) is 30.0 Å². The molecule has 1 fully saturated rings. The molecule has 2 aromatic carbocycles. The topological polar surface area (TPSA) is 65.0 Å². The molecule has 0 saturated carbocycles. The summed E-state index contributed by atoms with van der Waals surface area (Å²) in [5, 5.41) is 3.41. The van der Waals surface area contributed by atoms with Crippen LogP contribution >= 0.6 is 11.8 Å². The van der Waals surface area contributed by atoms with Gasteiger partial charge in [-0.25, -0.2) is 12.7 Å². The maximum atomic E-state index is 12.2. The Morgan fingerprint density at radius 1 is 1.17 bits per heavy atom. The summed E-state index contributed by atoms with van der Waals surface area (Å²) in [5.74, 6) is 2.65. The Labute approximate surface area is 184 Å². The molecule has 1 saturated heterocycles. The van der Waals surface area contributed by atoms with Crippen LogP contribution in [0.4, 0.5) is 0 Å². The molecular formula is C22H30N4O2S2. The van der Waals surface area contributed by atoms with Gasteiger partial charge in [0.2, 0.25) is 10.0 Å². The Morgan fingerprint density at radius 2 is 1.87 bits per heavy atom. The van der Waals surface area contributed by atoms with Crippen LogP contribution in [-0.4, -0.2) is 63.6 Å². The second kappa shape index (κ2) is 10.3. The van der Waals surface area contributed by atoms with E-state index < -0.39 is 10.0 Å². The smallest absolute Gasteiger partial charge is 0.242 e. The minimum Gasteiger partial charge on any atom is -0.352 e. The van der Waals surface area contributed by atoms with Crippen LogP contribution in [0.2, 0.25) is 0 Å². The third kappa shape index (κ3) is 5.77. The lowest BCUT2D eigenvalue weighted by atomic mass is 10.2. The van der Waals surface area contributed by atoms with Gasteiger partial charge in [-0.3, -0.25) is 4.99 Å². The van der Waals surface area contributed by atoms with E-state index in [1.54, 1.807) is 19.2 Å². The minimum absolute atomic E-state index is 0.305. The molecule has 6 nitrogen and oxygen atoms in total. The van der Waals surface area contributed by atoms with Crippen LogP contribution in [0, 0.1) is 5.92 Å². The molecule has 1 unspecified atom stereocenters. The summed E-state index contributed by atoms with van der Waals surface area (Å²) in [6, 6.07) is 17.5. The summed E-state index contributed by atoms with van der Waals surface area (Å²) >= 11 is 1.92. The second-order valence-electron chi connectivity index (χ2n) is 7.56. The van der Waals surface area contributed by atoms with Crippen LogP contribution in [-0.2, 0) is 16.6 Å². The van der Waals surface area contributed by atoms with Crippen molar-refractivity contribution >= 4 is 27.7 Å². The quantitative estimate of drug-likeness (QED) is 0.402. The van der Waals surface area contributed by atoms with Gasteiger partial charge in [-0.1, -0.05) is 30.3 Å². The fourth-order valence-electron chi connectivity index (χ4n) is 3.40. The van der Waals surface area contributed by atoms with Gasteiger partial charge in [0.05, 0.1) is 4.90 Å². The first-order chi connectivity index (χ1) is 14.4. The molecule has 0 amide bonds. The lowest BCUT2D eigenvalue weighted by Gasteiger charge is -2.22. The summed E-state index contributed by atoms with van der Waals surface area (Å²) in [7, 11) is 1.49. The van der Waals surface area contributed by atoms with Crippen molar-refractivity contribution < 1.29 is 8.42 Å². The molecule has 1 aliphatic rings. The van der Waals surface area contributed by atoms with E-state index in [4.69, 9.17) is 0 Å². The molecule has 0 spiro atoms. The highest BCUT2D eigenvalue weighted by Crippen LogP contribution is 2.26. The Morgan fingerprint density at radius 3 is 2.50 bits per heavy atom. The Kier molecular flexibility index (Phi) is 7.80. The van der Waals surface area contributed by atoms with Crippen molar-refractivity contribution in [3.63, 3.8) is 0 Å². The SMILES string of the molecule is CN=C(NCc1ccc(S(=O)(=O)N(C)C)cc1)N1CCC(CSc2ccccc2)C1. The third-order valence-corrected chi connectivity index (χ3v) is 8.25. The average Bonchev–Trinajstić information content (AvgIpc) is 3.22. The number of benzene rings is 2. The van der Waals surface area contributed by atoms with Crippen molar-refractivity contribution in [1.29, 1.82) is 0 Å². The van der Waals surface area contributed by atoms with Crippen molar-refractivity contribution in [3.8, 4) is 0 Å². The van der Waals surface area contributed by atoms with Gasteiger partial charge in [0.1, 0.15) is 0 Å².